The van der Waals surface area contributed by atoms with Gasteiger partial charge in [0.05, 0.1) is 17.3 Å². The highest BCUT2D eigenvalue weighted by Gasteiger charge is 2.42. The largest absolute Gasteiger partial charge is 0.392 e. The fourth-order valence-corrected chi connectivity index (χ4v) is 4.55. The van der Waals surface area contributed by atoms with Crippen molar-refractivity contribution in [1.29, 1.82) is 0 Å². The first-order valence-corrected chi connectivity index (χ1v) is 7.81. The number of aromatic nitrogens is 2. The van der Waals surface area contributed by atoms with Crippen molar-refractivity contribution in [1.82, 2.24) is 9.78 Å². The van der Waals surface area contributed by atoms with Crippen LogP contribution in [-0.2, 0) is 13.5 Å². The van der Waals surface area contributed by atoms with Gasteiger partial charge in [-0.05, 0) is 43.1 Å². The molecule has 4 unspecified atom stereocenters. The summed E-state index contributed by atoms with van der Waals surface area (Å²) in [5.74, 6) is 2.17. The van der Waals surface area contributed by atoms with Gasteiger partial charge in [-0.3, -0.25) is 4.68 Å². The first kappa shape index (κ1) is 12.4. The molecule has 1 heterocycles. The lowest BCUT2D eigenvalue weighted by Crippen LogP contribution is -2.27. The van der Waals surface area contributed by atoms with Crippen LogP contribution in [0.2, 0.25) is 0 Å². The topological polar surface area (TPSA) is 38.0 Å². The molecule has 3 nitrogen and oxygen atoms in total. The summed E-state index contributed by atoms with van der Waals surface area (Å²) in [7, 11) is 1.98. The smallest absolute Gasteiger partial charge is 0.0729 e. The lowest BCUT2D eigenvalue weighted by molar-refractivity contribution is 0.0744. The van der Waals surface area contributed by atoms with Crippen LogP contribution in [0, 0.1) is 17.8 Å². The minimum atomic E-state index is -0.219. The Hall–Kier alpha value is -1.35. The Bertz CT molecular complexity index is 633. The number of para-hydroxylation sites is 1. The van der Waals surface area contributed by atoms with E-state index in [9.17, 15) is 5.11 Å². The molecule has 0 saturated heterocycles. The van der Waals surface area contributed by atoms with Crippen LogP contribution < -0.4 is 0 Å². The van der Waals surface area contributed by atoms with E-state index in [1.807, 2.05) is 17.8 Å². The normalized spacial score (nSPS) is 30.2. The Morgan fingerprint density at radius 1 is 1.30 bits per heavy atom. The van der Waals surface area contributed by atoms with Crippen LogP contribution in [0.1, 0.15) is 31.4 Å². The molecule has 106 valence electrons. The summed E-state index contributed by atoms with van der Waals surface area (Å²) in [6, 6.07) is 8.30. The van der Waals surface area contributed by atoms with E-state index in [2.05, 4.69) is 23.3 Å². The maximum absolute atomic E-state index is 10.6. The van der Waals surface area contributed by atoms with Crippen LogP contribution in [-0.4, -0.2) is 21.0 Å². The summed E-state index contributed by atoms with van der Waals surface area (Å²) < 4.78 is 1.93. The molecule has 4 rings (SSSR count). The molecule has 0 aliphatic heterocycles. The molecule has 4 atom stereocenters. The van der Waals surface area contributed by atoms with Gasteiger partial charge in [-0.2, -0.15) is 5.10 Å². The highest BCUT2D eigenvalue weighted by Crippen LogP contribution is 2.49. The molecular formula is C17H22N2O. The Balaban J connectivity index is 1.58. The van der Waals surface area contributed by atoms with Crippen LogP contribution in [0.15, 0.2) is 24.3 Å². The Labute approximate surface area is 119 Å². The second kappa shape index (κ2) is 4.59. The van der Waals surface area contributed by atoms with E-state index in [0.717, 1.165) is 23.0 Å². The number of hydrogen-bond acceptors (Lipinski definition) is 2. The van der Waals surface area contributed by atoms with Gasteiger partial charge in [-0.25, -0.2) is 0 Å². The highest BCUT2D eigenvalue weighted by molar-refractivity contribution is 5.81. The summed E-state index contributed by atoms with van der Waals surface area (Å²) in [5.41, 5.74) is 2.21. The van der Waals surface area contributed by atoms with E-state index in [1.54, 1.807) is 0 Å². The molecule has 2 bridgehead atoms. The highest BCUT2D eigenvalue weighted by atomic mass is 16.3. The first-order valence-electron chi connectivity index (χ1n) is 7.81. The van der Waals surface area contributed by atoms with E-state index >= 15 is 0 Å². The number of benzene rings is 1. The molecule has 2 aliphatic carbocycles. The predicted molar refractivity (Wildman–Crippen MR) is 79.4 cm³/mol. The summed E-state index contributed by atoms with van der Waals surface area (Å²) >= 11 is 0. The number of rotatable bonds is 3. The molecule has 1 aromatic carbocycles. The minimum Gasteiger partial charge on any atom is -0.392 e. The quantitative estimate of drug-likeness (QED) is 0.931. The van der Waals surface area contributed by atoms with E-state index in [4.69, 9.17) is 0 Å². The monoisotopic (exact) mass is 270 g/mol. The zero-order valence-corrected chi connectivity index (χ0v) is 12.0. The average molecular weight is 270 g/mol. The molecule has 0 amide bonds. The molecule has 2 fully saturated rings. The van der Waals surface area contributed by atoms with Crippen molar-refractivity contribution in [3.8, 4) is 0 Å². The van der Waals surface area contributed by atoms with Crippen LogP contribution in [0.4, 0.5) is 0 Å². The van der Waals surface area contributed by atoms with Gasteiger partial charge in [0.25, 0.3) is 0 Å². The number of aliphatic hydroxyl groups is 1. The predicted octanol–water partition coefficient (Wildman–Crippen LogP) is 2.91. The van der Waals surface area contributed by atoms with Gasteiger partial charge in [0.15, 0.2) is 0 Å². The van der Waals surface area contributed by atoms with Crippen molar-refractivity contribution in [2.75, 3.05) is 0 Å². The van der Waals surface area contributed by atoms with E-state index < -0.39 is 0 Å². The van der Waals surface area contributed by atoms with Gasteiger partial charge < -0.3 is 5.11 Å². The van der Waals surface area contributed by atoms with Gasteiger partial charge in [0, 0.05) is 18.9 Å². The van der Waals surface area contributed by atoms with Crippen molar-refractivity contribution in [2.45, 2.75) is 38.2 Å². The number of aliphatic hydroxyl groups excluding tert-OH is 1. The third-order valence-electron chi connectivity index (χ3n) is 5.52. The molecule has 1 aromatic heterocycles. The van der Waals surface area contributed by atoms with Crippen molar-refractivity contribution in [2.24, 2.45) is 24.8 Å². The Kier molecular flexibility index (Phi) is 2.84. The van der Waals surface area contributed by atoms with Gasteiger partial charge >= 0.3 is 0 Å². The standard InChI is InChI=1S/C17H22N2O/c1-19-16-5-3-2-4-13(16)15(18-19)10-17(20)14-9-11-6-7-12(14)8-11/h2-5,11-12,14,17,20H,6-10H2,1H3. The third kappa shape index (κ3) is 1.87. The van der Waals surface area contributed by atoms with Crippen LogP contribution in [0.3, 0.4) is 0 Å². The zero-order chi connectivity index (χ0) is 13.7. The van der Waals surface area contributed by atoms with Crippen LogP contribution in [0.5, 0.6) is 0 Å². The second-order valence-corrected chi connectivity index (χ2v) is 6.70. The number of fused-ring (bicyclic) bond motifs is 3. The lowest BCUT2D eigenvalue weighted by Gasteiger charge is -2.26. The fourth-order valence-electron chi connectivity index (χ4n) is 4.55. The average Bonchev–Trinajstić information content (AvgIpc) is 3.15. The molecule has 2 saturated carbocycles. The van der Waals surface area contributed by atoms with Crippen LogP contribution in [0.25, 0.3) is 10.9 Å². The maximum Gasteiger partial charge on any atom is 0.0729 e. The molecule has 2 aliphatic rings. The summed E-state index contributed by atoms with van der Waals surface area (Å²) in [4.78, 5) is 0. The Morgan fingerprint density at radius 2 is 2.15 bits per heavy atom. The van der Waals surface area contributed by atoms with Crippen molar-refractivity contribution in [3.05, 3.63) is 30.0 Å². The number of aryl methyl sites for hydroxylation is 1. The van der Waals surface area contributed by atoms with Crippen LogP contribution >= 0.6 is 0 Å². The Morgan fingerprint density at radius 3 is 2.90 bits per heavy atom. The maximum atomic E-state index is 10.6. The van der Waals surface area contributed by atoms with Crippen molar-refractivity contribution >= 4 is 10.9 Å². The fraction of sp³-hybridized carbons (Fsp3) is 0.588. The van der Waals surface area contributed by atoms with Gasteiger partial charge in [-0.15, -0.1) is 0 Å². The SMILES string of the molecule is Cn1nc(CC(O)C2CC3CCC2C3)c2ccccc21. The number of nitrogens with zero attached hydrogens (tertiary/aromatic N) is 2. The summed E-state index contributed by atoms with van der Waals surface area (Å²) in [5, 5.41) is 16.5. The first-order chi connectivity index (χ1) is 9.72. The molecule has 0 spiro atoms. The number of hydrogen-bond donors (Lipinski definition) is 1. The summed E-state index contributed by atoms with van der Waals surface area (Å²) in [6.45, 7) is 0. The van der Waals surface area contributed by atoms with Crippen molar-refractivity contribution < 1.29 is 5.11 Å². The molecule has 2 aromatic rings. The van der Waals surface area contributed by atoms with E-state index in [-0.39, 0.29) is 6.10 Å². The third-order valence-corrected chi connectivity index (χ3v) is 5.52. The molecule has 0 radical (unpaired) electrons. The molecule has 20 heavy (non-hydrogen) atoms. The van der Waals surface area contributed by atoms with Crippen molar-refractivity contribution in [3.63, 3.8) is 0 Å². The molecular weight excluding hydrogens is 248 g/mol. The van der Waals surface area contributed by atoms with Gasteiger partial charge in [0.2, 0.25) is 0 Å². The van der Waals surface area contributed by atoms with E-state index in [0.29, 0.717) is 12.3 Å². The van der Waals surface area contributed by atoms with Gasteiger partial charge in [-0.1, -0.05) is 24.6 Å². The second-order valence-electron chi connectivity index (χ2n) is 6.70. The molecule has 3 heteroatoms. The zero-order valence-electron chi connectivity index (χ0n) is 12.0. The lowest BCUT2D eigenvalue weighted by atomic mass is 9.83. The minimum absolute atomic E-state index is 0.219. The molecule has 1 N–H and O–H groups in total. The van der Waals surface area contributed by atoms with Gasteiger partial charge in [0.1, 0.15) is 0 Å². The summed E-state index contributed by atoms with van der Waals surface area (Å²) in [6.07, 6.45) is 5.79. The van der Waals surface area contributed by atoms with E-state index in [1.165, 1.54) is 31.1 Å².